The maximum Gasteiger partial charge on any atom is 0.573 e. The van der Waals surface area contributed by atoms with Crippen molar-refractivity contribution >= 4 is 20.2 Å². The van der Waals surface area contributed by atoms with Crippen molar-refractivity contribution in [2.24, 2.45) is 0 Å². The molecule has 0 bridgehead atoms. The molecule has 1 fully saturated rings. The lowest BCUT2D eigenvalue weighted by Crippen LogP contribution is -2.34. The van der Waals surface area contributed by atoms with Crippen LogP contribution in [0.1, 0.15) is 18.4 Å². The van der Waals surface area contributed by atoms with Crippen LogP contribution in [-0.2, 0) is 26.8 Å². The van der Waals surface area contributed by atoms with Crippen LogP contribution in [-0.4, -0.2) is 66.1 Å². The molecule has 1 aromatic carbocycles. The van der Waals surface area contributed by atoms with Gasteiger partial charge in [-0.25, -0.2) is 13.4 Å². The molecule has 0 radical (unpaired) electrons. The molecule has 0 N–H and O–H groups in total. The number of halogens is 3. The van der Waals surface area contributed by atoms with E-state index in [1.807, 2.05) is 0 Å². The Bertz CT molecular complexity index is 1110. The second-order valence-corrected chi connectivity index (χ2v) is 10.4. The number of nitrogens with zero attached hydrogens (tertiary/aromatic N) is 5. The standard InChI is InChI=1S/C15H18F3N5O5S2/c1-21(2)30(26,27)23-10-19-14(20-23)29(24,25)22(12-5-6-12)9-11-3-7-13(8-4-11)28-15(16,17)18/h3-4,7-8,10,12H,5-6,9H2,1-2H3. The van der Waals surface area contributed by atoms with E-state index in [1.54, 1.807) is 0 Å². The molecule has 3 rings (SSSR count). The van der Waals surface area contributed by atoms with Crippen molar-refractivity contribution in [3.05, 3.63) is 36.2 Å². The Balaban J connectivity index is 1.84. The summed E-state index contributed by atoms with van der Waals surface area (Å²) in [6, 6.07) is 4.45. The summed E-state index contributed by atoms with van der Waals surface area (Å²) in [6.45, 7) is -0.145. The molecule has 15 heteroatoms. The number of aromatic nitrogens is 3. The molecular weight excluding hydrogens is 451 g/mol. The Kier molecular flexibility index (Phi) is 5.83. The van der Waals surface area contributed by atoms with Crippen molar-refractivity contribution < 1.29 is 34.7 Å². The van der Waals surface area contributed by atoms with Gasteiger partial charge < -0.3 is 4.74 Å². The summed E-state index contributed by atoms with van der Waals surface area (Å²) < 4.78 is 93.2. The van der Waals surface area contributed by atoms with Gasteiger partial charge in [0.05, 0.1) is 0 Å². The van der Waals surface area contributed by atoms with Crippen LogP contribution in [0.15, 0.2) is 35.7 Å². The first-order valence-electron chi connectivity index (χ1n) is 8.52. The highest BCUT2D eigenvalue weighted by Gasteiger charge is 2.40. The molecule has 10 nitrogen and oxygen atoms in total. The molecule has 2 aromatic rings. The first-order valence-corrected chi connectivity index (χ1v) is 11.4. The van der Waals surface area contributed by atoms with Gasteiger partial charge >= 0.3 is 16.6 Å². The third-order valence-electron chi connectivity index (χ3n) is 4.14. The van der Waals surface area contributed by atoms with Crippen LogP contribution in [0.2, 0.25) is 0 Å². The summed E-state index contributed by atoms with van der Waals surface area (Å²) in [5.41, 5.74) is 0.417. The van der Waals surface area contributed by atoms with Crippen molar-refractivity contribution in [1.82, 2.24) is 22.8 Å². The number of alkyl halides is 3. The fraction of sp³-hybridized carbons (Fsp3) is 0.467. The molecule has 1 aliphatic rings. The summed E-state index contributed by atoms with van der Waals surface area (Å²) in [5, 5.41) is 2.92. The van der Waals surface area contributed by atoms with E-state index in [0.29, 0.717) is 22.5 Å². The highest BCUT2D eigenvalue weighted by Crippen LogP contribution is 2.33. The van der Waals surface area contributed by atoms with Gasteiger partial charge in [0.1, 0.15) is 12.1 Å². The largest absolute Gasteiger partial charge is 0.573 e. The molecule has 1 aliphatic carbocycles. The van der Waals surface area contributed by atoms with Crippen LogP contribution in [0.5, 0.6) is 5.75 Å². The highest BCUT2D eigenvalue weighted by atomic mass is 32.2. The zero-order valence-corrected chi connectivity index (χ0v) is 17.4. The monoisotopic (exact) mass is 469 g/mol. The number of hydrogen-bond donors (Lipinski definition) is 0. The number of rotatable bonds is 8. The molecule has 1 saturated carbocycles. The van der Waals surface area contributed by atoms with Crippen LogP contribution in [0, 0.1) is 0 Å². The lowest BCUT2D eigenvalue weighted by atomic mass is 10.2. The smallest absolute Gasteiger partial charge is 0.406 e. The van der Waals surface area contributed by atoms with Gasteiger partial charge in [0, 0.05) is 26.7 Å². The number of sulfonamides is 1. The van der Waals surface area contributed by atoms with E-state index < -0.39 is 37.5 Å². The molecule has 0 saturated heterocycles. The topological polar surface area (TPSA) is 115 Å². The van der Waals surface area contributed by atoms with E-state index in [1.165, 1.54) is 26.2 Å². The van der Waals surface area contributed by atoms with Crippen molar-refractivity contribution in [2.75, 3.05) is 14.1 Å². The molecule has 0 atom stereocenters. The van der Waals surface area contributed by atoms with Gasteiger partial charge in [0.2, 0.25) is 0 Å². The molecule has 0 amide bonds. The van der Waals surface area contributed by atoms with E-state index in [2.05, 4.69) is 14.8 Å². The summed E-state index contributed by atoms with van der Waals surface area (Å²) in [5.74, 6) is -0.429. The third kappa shape index (κ3) is 4.91. The van der Waals surface area contributed by atoms with E-state index in [0.717, 1.165) is 27.1 Å². The first kappa shape index (κ1) is 22.5. The lowest BCUT2D eigenvalue weighted by Gasteiger charge is -2.20. The SMILES string of the molecule is CN(C)S(=O)(=O)n1cnc(S(=O)(=O)N(Cc2ccc(OC(F)(F)F)cc2)C2CC2)n1. The molecule has 30 heavy (non-hydrogen) atoms. The van der Waals surface area contributed by atoms with Crippen LogP contribution >= 0.6 is 0 Å². The number of ether oxygens (including phenoxy) is 1. The van der Waals surface area contributed by atoms with Crippen LogP contribution in [0.25, 0.3) is 0 Å². The van der Waals surface area contributed by atoms with Gasteiger partial charge in [-0.3, -0.25) is 0 Å². The van der Waals surface area contributed by atoms with Crippen molar-refractivity contribution in [3.8, 4) is 5.75 Å². The van der Waals surface area contributed by atoms with E-state index in [9.17, 15) is 30.0 Å². The van der Waals surface area contributed by atoms with Crippen molar-refractivity contribution in [3.63, 3.8) is 0 Å². The molecule has 1 aromatic heterocycles. The van der Waals surface area contributed by atoms with E-state index >= 15 is 0 Å². The first-order chi connectivity index (χ1) is 13.8. The summed E-state index contributed by atoms with van der Waals surface area (Å²) in [6.07, 6.45) is -2.87. The van der Waals surface area contributed by atoms with Crippen LogP contribution in [0.4, 0.5) is 13.2 Å². The quantitative estimate of drug-likeness (QED) is 0.570. The van der Waals surface area contributed by atoms with Gasteiger partial charge in [-0.15, -0.1) is 22.4 Å². The molecule has 0 unspecified atom stereocenters. The van der Waals surface area contributed by atoms with Crippen molar-refractivity contribution in [2.45, 2.75) is 36.9 Å². The summed E-state index contributed by atoms with van der Waals surface area (Å²) >= 11 is 0. The highest BCUT2D eigenvalue weighted by molar-refractivity contribution is 7.89. The Morgan fingerprint density at radius 1 is 1.13 bits per heavy atom. The molecule has 0 spiro atoms. The van der Waals surface area contributed by atoms with Gasteiger partial charge in [0.25, 0.3) is 15.2 Å². The predicted octanol–water partition coefficient (Wildman–Crippen LogP) is 1.18. The minimum absolute atomic E-state index is 0.145. The van der Waals surface area contributed by atoms with Gasteiger partial charge in [-0.05, 0) is 30.5 Å². The maximum absolute atomic E-state index is 13.0. The average molecular weight is 469 g/mol. The number of hydrogen-bond acceptors (Lipinski definition) is 7. The van der Waals surface area contributed by atoms with Crippen LogP contribution < -0.4 is 4.74 Å². The van der Waals surface area contributed by atoms with E-state index in [4.69, 9.17) is 0 Å². The average Bonchev–Trinajstić information content (AvgIpc) is 3.32. The van der Waals surface area contributed by atoms with Gasteiger partial charge in [-0.2, -0.15) is 17.0 Å². The fourth-order valence-corrected chi connectivity index (χ4v) is 4.72. The summed E-state index contributed by atoms with van der Waals surface area (Å²) in [4.78, 5) is 3.64. The van der Waals surface area contributed by atoms with Gasteiger partial charge in [0.15, 0.2) is 0 Å². The second-order valence-electron chi connectivity index (χ2n) is 6.66. The second kappa shape index (κ2) is 7.79. The zero-order chi connectivity index (χ0) is 22.3. The van der Waals surface area contributed by atoms with E-state index in [-0.39, 0.29) is 12.6 Å². The molecular formula is C15H18F3N5O5S2. The predicted molar refractivity (Wildman–Crippen MR) is 96.9 cm³/mol. The number of benzene rings is 1. The Morgan fingerprint density at radius 2 is 1.73 bits per heavy atom. The lowest BCUT2D eigenvalue weighted by molar-refractivity contribution is -0.274. The molecule has 1 heterocycles. The zero-order valence-electron chi connectivity index (χ0n) is 15.8. The molecule has 0 aliphatic heterocycles. The summed E-state index contributed by atoms with van der Waals surface area (Å²) in [7, 11) is -5.77. The Hall–Kier alpha value is -2.23. The van der Waals surface area contributed by atoms with Crippen LogP contribution in [0.3, 0.4) is 0 Å². The normalized spacial score (nSPS) is 15.7. The maximum atomic E-state index is 13.0. The third-order valence-corrected chi connectivity index (χ3v) is 7.40. The Labute approximate surface area is 171 Å². The van der Waals surface area contributed by atoms with Gasteiger partial charge in [-0.1, -0.05) is 12.1 Å². The fourth-order valence-electron chi connectivity index (χ4n) is 2.49. The van der Waals surface area contributed by atoms with Crippen molar-refractivity contribution in [1.29, 1.82) is 0 Å². The minimum Gasteiger partial charge on any atom is -0.406 e. The Morgan fingerprint density at radius 3 is 2.23 bits per heavy atom. The minimum atomic E-state index is -4.83. The molecule has 166 valence electrons.